The normalized spacial score (nSPS) is 11.0. The number of amides is 1. The van der Waals surface area contributed by atoms with Gasteiger partial charge in [0.25, 0.3) is 0 Å². The Hall–Kier alpha value is -3.24. The molecular formula is C22H18F2N4O2S2. The number of carbonyl (C=O) groups is 1. The van der Waals surface area contributed by atoms with Gasteiger partial charge in [-0.2, -0.15) is 8.78 Å². The molecule has 0 fully saturated rings. The van der Waals surface area contributed by atoms with Crippen LogP contribution in [0.3, 0.4) is 0 Å². The molecule has 10 heteroatoms. The average molecular weight is 473 g/mol. The van der Waals surface area contributed by atoms with Gasteiger partial charge in [0, 0.05) is 16.6 Å². The predicted molar refractivity (Wildman–Crippen MR) is 122 cm³/mol. The SMILES string of the molecule is Cc1csc(NC(=O)CSc2ncc(-c3ccccc3)n2-c2ccc(OC(F)F)cc2)n1. The van der Waals surface area contributed by atoms with E-state index in [1.54, 1.807) is 18.3 Å². The van der Waals surface area contributed by atoms with Crippen molar-refractivity contribution < 1.29 is 18.3 Å². The fraction of sp³-hybridized carbons (Fsp3) is 0.136. The summed E-state index contributed by atoms with van der Waals surface area (Å²) in [5.74, 6) is 0.00878. The van der Waals surface area contributed by atoms with Crippen LogP contribution >= 0.6 is 23.1 Å². The summed E-state index contributed by atoms with van der Waals surface area (Å²) in [6.45, 7) is -1.03. The van der Waals surface area contributed by atoms with Crippen molar-refractivity contribution in [1.29, 1.82) is 0 Å². The number of thioether (sulfide) groups is 1. The second-order valence-corrected chi connectivity index (χ2v) is 8.43. The maximum absolute atomic E-state index is 12.5. The number of ether oxygens (including phenoxy) is 1. The van der Waals surface area contributed by atoms with Crippen molar-refractivity contribution in [1.82, 2.24) is 14.5 Å². The van der Waals surface area contributed by atoms with Gasteiger partial charge in [0.05, 0.1) is 23.3 Å². The minimum atomic E-state index is -2.89. The van der Waals surface area contributed by atoms with Crippen molar-refractivity contribution in [3.8, 4) is 22.7 Å². The first kappa shape index (κ1) is 22.0. The number of rotatable bonds is 8. The minimum Gasteiger partial charge on any atom is -0.435 e. The van der Waals surface area contributed by atoms with Crippen LogP contribution in [-0.2, 0) is 4.79 Å². The number of nitrogens with zero attached hydrogens (tertiary/aromatic N) is 3. The lowest BCUT2D eigenvalue weighted by atomic mass is 10.1. The summed E-state index contributed by atoms with van der Waals surface area (Å²) in [4.78, 5) is 21.1. The van der Waals surface area contributed by atoms with Gasteiger partial charge in [-0.3, -0.25) is 9.36 Å². The Morgan fingerprint density at radius 1 is 1.19 bits per heavy atom. The third-order valence-corrected chi connectivity index (χ3v) is 6.15. The first-order valence-electron chi connectivity index (χ1n) is 9.53. The van der Waals surface area contributed by atoms with Crippen LogP contribution in [0.1, 0.15) is 5.69 Å². The molecule has 0 radical (unpaired) electrons. The molecule has 0 saturated carbocycles. The van der Waals surface area contributed by atoms with Gasteiger partial charge in [-0.25, -0.2) is 9.97 Å². The molecule has 6 nitrogen and oxygen atoms in total. The zero-order valence-electron chi connectivity index (χ0n) is 16.9. The Morgan fingerprint density at radius 3 is 2.59 bits per heavy atom. The fourth-order valence-corrected chi connectivity index (χ4v) is 4.47. The van der Waals surface area contributed by atoms with Crippen LogP contribution in [0.4, 0.5) is 13.9 Å². The third kappa shape index (κ3) is 5.32. The average Bonchev–Trinajstić information content (AvgIpc) is 3.39. The molecule has 2 heterocycles. The van der Waals surface area contributed by atoms with Crippen LogP contribution in [0.25, 0.3) is 16.9 Å². The standard InChI is InChI=1S/C22H18F2N4O2S2/c1-14-12-31-21(26-14)27-19(29)13-32-22-25-11-18(15-5-3-2-4-6-15)28(22)16-7-9-17(10-8-16)30-20(23)24/h2-12,20H,13H2,1H3,(H,26,27,29). The molecule has 0 aliphatic heterocycles. The third-order valence-electron chi connectivity index (χ3n) is 4.32. The molecule has 0 atom stereocenters. The molecular weight excluding hydrogens is 454 g/mol. The smallest absolute Gasteiger partial charge is 0.387 e. The van der Waals surface area contributed by atoms with E-state index in [1.807, 2.05) is 47.2 Å². The lowest BCUT2D eigenvalue weighted by Crippen LogP contribution is -2.14. The van der Waals surface area contributed by atoms with E-state index in [-0.39, 0.29) is 17.4 Å². The first-order valence-corrected chi connectivity index (χ1v) is 11.4. The highest BCUT2D eigenvalue weighted by Gasteiger charge is 2.16. The van der Waals surface area contributed by atoms with Crippen molar-refractivity contribution in [3.63, 3.8) is 0 Å². The van der Waals surface area contributed by atoms with Crippen LogP contribution in [0, 0.1) is 6.92 Å². The van der Waals surface area contributed by atoms with Gasteiger partial charge in [0.2, 0.25) is 5.91 Å². The number of nitrogens with one attached hydrogen (secondary N) is 1. The number of anilines is 1. The lowest BCUT2D eigenvalue weighted by Gasteiger charge is -2.13. The Balaban J connectivity index is 1.59. The quantitative estimate of drug-likeness (QED) is 0.336. The summed E-state index contributed by atoms with van der Waals surface area (Å²) in [7, 11) is 0. The highest BCUT2D eigenvalue weighted by molar-refractivity contribution is 7.99. The molecule has 0 aliphatic carbocycles. The molecule has 2 aromatic heterocycles. The second kappa shape index (κ2) is 9.92. The van der Waals surface area contributed by atoms with E-state index < -0.39 is 6.61 Å². The largest absolute Gasteiger partial charge is 0.435 e. The van der Waals surface area contributed by atoms with E-state index in [4.69, 9.17) is 0 Å². The van der Waals surface area contributed by atoms with E-state index in [1.165, 1.54) is 35.2 Å². The maximum Gasteiger partial charge on any atom is 0.387 e. The Labute approximate surface area is 191 Å². The number of halogens is 2. The lowest BCUT2D eigenvalue weighted by molar-refractivity contribution is -0.113. The van der Waals surface area contributed by atoms with E-state index in [0.717, 1.165) is 17.0 Å². The molecule has 1 N–H and O–H groups in total. The molecule has 0 unspecified atom stereocenters. The van der Waals surface area contributed by atoms with E-state index in [9.17, 15) is 13.6 Å². The summed E-state index contributed by atoms with van der Waals surface area (Å²) in [6.07, 6.45) is 1.73. The number of imidazole rings is 1. The van der Waals surface area contributed by atoms with Gasteiger partial charge in [-0.05, 0) is 31.2 Å². The van der Waals surface area contributed by atoms with Gasteiger partial charge in [0.15, 0.2) is 10.3 Å². The molecule has 164 valence electrons. The number of hydrogen-bond donors (Lipinski definition) is 1. The highest BCUT2D eigenvalue weighted by Crippen LogP contribution is 2.31. The Bertz CT molecular complexity index is 1190. The summed E-state index contributed by atoms with van der Waals surface area (Å²) in [6, 6.07) is 16.0. The molecule has 4 rings (SSSR count). The Kier molecular flexibility index (Phi) is 6.81. The van der Waals surface area contributed by atoms with Gasteiger partial charge in [0.1, 0.15) is 5.75 Å². The van der Waals surface area contributed by atoms with Gasteiger partial charge < -0.3 is 10.1 Å². The number of thiazole rings is 1. The highest BCUT2D eigenvalue weighted by atomic mass is 32.2. The second-order valence-electron chi connectivity index (χ2n) is 6.63. The molecule has 0 spiro atoms. The topological polar surface area (TPSA) is 69.0 Å². The molecule has 0 aliphatic rings. The molecule has 1 amide bonds. The monoisotopic (exact) mass is 472 g/mol. The molecule has 32 heavy (non-hydrogen) atoms. The van der Waals surface area contributed by atoms with E-state index in [2.05, 4.69) is 20.0 Å². The summed E-state index contributed by atoms with van der Waals surface area (Å²) < 4.78 is 31.3. The maximum atomic E-state index is 12.5. The van der Waals surface area contributed by atoms with E-state index in [0.29, 0.717) is 16.0 Å². The summed E-state index contributed by atoms with van der Waals surface area (Å²) >= 11 is 2.64. The first-order chi connectivity index (χ1) is 15.5. The van der Waals surface area contributed by atoms with Crippen LogP contribution in [0.5, 0.6) is 5.75 Å². The number of aromatic nitrogens is 3. The van der Waals surface area contributed by atoms with Crippen molar-refractivity contribution in [2.45, 2.75) is 18.7 Å². The predicted octanol–water partition coefficient (Wildman–Crippen LogP) is 5.64. The van der Waals surface area contributed by atoms with Crippen LogP contribution in [0.15, 0.2) is 71.3 Å². The van der Waals surface area contributed by atoms with Crippen LogP contribution in [0.2, 0.25) is 0 Å². The number of aryl methyl sites for hydroxylation is 1. The van der Waals surface area contributed by atoms with Crippen molar-refractivity contribution >= 4 is 34.1 Å². The molecule has 0 saturated heterocycles. The van der Waals surface area contributed by atoms with Gasteiger partial charge in [-0.15, -0.1) is 11.3 Å². The molecule has 2 aromatic carbocycles. The van der Waals surface area contributed by atoms with Crippen LogP contribution < -0.4 is 10.1 Å². The van der Waals surface area contributed by atoms with Crippen molar-refractivity contribution in [2.75, 3.05) is 11.1 Å². The van der Waals surface area contributed by atoms with Crippen LogP contribution in [-0.4, -0.2) is 32.8 Å². The number of hydrogen-bond acceptors (Lipinski definition) is 6. The fourth-order valence-electron chi connectivity index (χ4n) is 2.97. The summed E-state index contributed by atoms with van der Waals surface area (Å²) in [5, 5.41) is 5.79. The minimum absolute atomic E-state index is 0.0671. The molecule has 0 bridgehead atoms. The number of alkyl halides is 2. The zero-order valence-corrected chi connectivity index (χ0v) is 18.5. The molecule has 4 aromatic rings. The number of carbonyl (C=O) groups excluding carboxylic acids is 1. The van der Waals surface area contributed by atoms with E-state index >= 15 is 0 Å². The zero-order chi connectivity index (χ0) is 22.5. The van der Waals surface area contributed by atoms with Crippen molar-refractivity contribution in [3.05, 3.63) is 71.9 Å². The number of benzene rings is 2. The Morgan fingerprint density at radius 2 is 1.94 bits per heavy atom. The summed E-state index contributed by atoms with van der Waals surface area (Å²) in [5.41, 5.74) is 3.30. The van der Waals surface area contributed by atoms with Crippen molar-refractivity contribution in [2.24, 2.45) is 0 Å². The van der Waals surface area contributed by atoms with Gasteiger partial charge in [-0.1, -0.05) is 42.1 Å². The van der Waals surface area contributed by atoms with Gasteiger partial charge >= 0.3 is 6.61 Å².